The number of hydrogen-bond donors (Lipinski definition) is 4. The van der Waals surface area contributed by atoms with Crippen molar-refractivity contribution in [2.75, 3.05) is 0 Å². The van der Waals surface area contributed by atoms with Gasteiger partial charge >= 0.3 is 0 Å². The number of hydrogen-bond acceptors (Lipinski definition) is 9. The van der Waals surface area contributed by atoms with Gasteiger partial charge < -0.3 is 10.9 Å². The van der Waals surface area contributed by atoms with Crippen LogP contribution in [0.25, 0.3) is 0 Å². The summed E-state index contributed by atoms with van der Waals surface area (Å²) >= 11 is 0. The number of nitrogens with zero attached hydrogens (tertiary/aromatic N) is 5. The minimum Gasteiger partial charge on any atom is -0.302 e. The van der Waals surface area contributed by atoms with Gasteiger partial charge in [-0.2, -0.15) is 0 Å². The molecule has 2 aliphatic heterocycles. The molecule has 9 heteroatoms. The first-order valence-corrected chi connectivity index (χ1v) is 8.85. The summed E-state index contributed by atoms with van der Waals surface area (Å²) in [5.74, 6) is 1.38. The van der Waals surface area contributed by atoms with Crippen LogP contribution in [-0.2, 0) is 0 Å². The van der Waals surface area contributed by atoms with Crippen LogP contribution in [0.15, 0.2) is 77.0 Å². The van der Waals surface area contributed by atoms with E-state index in [2.05, 4.69) is 41.7 Å². The normalized spacial score (nSPS) is 20.9. The molecule has 138 valence electrons. The highest BCUT2D eigenvalue weighted by atomic mass is 15.5. The number of nitrogens with one attached hydrogen (secondary N) is 4. The summed E-state index contributed by atoms with van der Waals surface area (Å²) in [6, 6.07) is 17.2. The van der Waals surface area contributed by atoms with Gasteiger partial charge in [-0.05, 0) is 36.4 Å². The maximum absolute atomic E-state index is 4.73. The Balaban J connectivity index is 1.38. The van der Waals surface area contributed by atoms with Gasteiger partial charge in [-0.25, -0.2) is 20.8 Å². The molecule has 2 atom stereocenters. The summed E-state index contributed by atoms with van der Waals surface area (Å²) in [4.78, 5) is 22.6. The van der Waals surface area contributed by atoms with Crippen molar-refractivity contribution in [3.05, 3.63) is 89.8 Å². The highest BCUT2D eigenvalue weighted by Gasteiger charge is 2.24. The number of aliphatic imine (C=N–C) groups is 2. The second kappa shape index (κ2) is 7.14. The topological polar surface area (TPSA) is 112 Å². The number of rotatable bonds is 4. The van der Waals surface area contributed by atoms with Gasteiger partial charge in [0.2, 0.25) is 0 Å². The molecule has 2 unspecified atom stereocenters. The maximum atomic E-state index is 4.73. The fourth-order valence-corrected chi connectivity index (χ4v) is 2.98. The molecule has 2 aliphatic rings. The first-order valence-electron chi connectivity index (χ1n) is 8.85. The maximum Gasteiger partial charge on any atom is 0.163 e. The molecule has 9 nitrogen and oxygen atoms in total. The van der Waals surface area contributed by atoms with E-state index in [1.165, 1.54) is 0 Å². The SMILES string of the molecule is c1ccc(C2=NC(c3cccc(C4N=C(c5ccccn5)NN4)n3)NN2)nc1. The average Bonchev–Trinajstić information content (AvgIpc) is 3.46. The van der Waals surface area contributed by atoms with Crippen LogP contribution in [0.4, 0.5) is 0 Å². The number of hydrazine groups is 2. The van der Waals surface area contributed by atoms with E-state index in [-0.39, 0.29) is 12.3 Å². The van der Waals surface area contributed by atoms with Crippen LogP contribution in [0.2, 0.25) is 0 Å². The van der Waals surface area contributed by atoms with E-state index >= 15 is 0 Å². The van der Waals surface area contributed by atoms with E-state index in [0.29, 0.717) is 11.7 Å². The van der Waals surface area contributed by atoms with E-state index in [1.54, 1.807) is 12.4 Å². The summed E-state index contributed by atoms with van der Waals surface area (Å²) in [5, 5.41) is 0. The number of amidine groups is 2. The number of pyridine rings is 3. The largest absolute Gasteiger partial charge is 0.302 e. The molecule has 0 fully saturated rings. The second-order valence-electron chi connectivity index (χ2n) is 6.22. The van der Waals surface area contributed by atoms with E-state index in [9.17, 15) is 0 Å². The van der Waals surface area contributed by atoms with Crippen molar-refractivity contribution in [3.63, 3.8) is 0 Å². The first kappa shape index (κ1) is 16.5. The third-order valence-electron chi connectivity index (χ3n) is 4.34. The lowest BCUT2D eigenvalue weighted by Gasteiger charge is -2.11. The Hall–Kier alpha value is -3.69. The van der Waals surface area contributed by atoms with E-state index in [0.717, 1.165) is 22.8 Å². The van der Waals surface area contributed by atoms with Crippen molar-refractivity contribution in [2.24, 2.45) is 9.98 Å². The van der Waals surface area contributed by atoms with Gasteiger partial charge in [-0.15, -0.1) is 0 Å². The van der Waals surface area contributed by atoms with Crippen molar-refractivity contribution in [2.45, 2.75) is 12.3 Å². The summed E-state index contributed by atoms with van der Waals surface area (Å²) in [6.45, 7) is 0. The van der Waals surface area contributed by atoms with Crippen molar-refractivity contribution >= 4 is 11.7 Å². The van der Waals surface area contributed by atoms with E-state index in [1.807, 2.05) is 54.6 Å². The van der Waals surface area contributed by atoms with E-state index < -0.39 is 0 Å². The van der Waals surface area contributed by atoms with Gasteiger partial charge in [-0.3, -0.25) is 15.0 Å². The predicted octanol–water partition coefficient (Wildman–Crippen LogP) is 0.978. The molecule has 5 rings (SSSR count). The molecule has 28 heavy (non-hydrogen) atoms. The van der Waals surface area contributed by atoms with Gasteiger partial charge in [0.15, 0.2) is 24.0 Å². The second-order valence-corrected chi connectivity index (χ2v) is 6.22. The third-order valence-corrected chi connectivity index (χ3v) is 4.34. The van der Waals surface area contributed by atoms with Gasteiger partial charge in [0.1, 0.15) is 11.4 Å². The minimum atomic E-state index is -0.300. The molecule has 3 aromatic heterocycles. The van der Waals surface area contributed by atoms with Gasteiger partial charge in [0.05, 0.1) is 11.4 Å². The Bertz CT molecular complexity index is 953. The fraction of sp³-hybridized carbons (Fsp3) is 0.105. The smallest absolute Gasteiger partial charge is 0.163 e. The molecule has 0 amide bonds. The average molecular weight is 371 g/mol. The van der Waals surface area contributed by atoms with Crippen LogP contribution in [0, 0.1) is 0 Å². The Morgan fingerprint density at radius 1 is 0.607 bits per heavy atom. The Morgan fingerprint density at radius 2 is 1.14 bits per heavy atom. The van der Waals surface area contributed by atoms with Crippen molar-refractivity contribution in [1.82, 2.24) is 36.7 Å². The molecule has 3 aromatic rings. The van der Waals surface area contributed by atoms with Gasteiger partial charge in [0.25, 0.3) is 0 Å². The molecular weight excluding hydrogens is 354 g/mol. The minimum absolute atomic E-state index is 0.300. The van der Waals surface area contributed by atoms with Crippen molar-refractivity contribution in [1.29, 1.82) is 0 Å². The summed E-state index contributed by atoms with van der Waals surface area (Å²) in [5.41, 5.74) is 15.6. The van der Waals surface area contributed by atoms with Gasteiger partial charge in [-0.1, -0.05) is 18.2 Å². The van der Waals surface area contributed by atoms with Crippen LogP contribution in [-0.4, -0.2) is 26.6 Å². The predicted molar refractivity (Wildman–Crippen MR) is 104 cm³/mol. The van der Waals surface area contributed by atoms with E-state index in [4.69, 9.17) is 4.98 Å². The number of aromatic nitrogens is 3. The molecule has 5 heterocycles. The van der Waals surface area contributed by atoms with Crippen LogP contribution >= 0.6 is 0 Å². The lowest BCUT2D eigenvalue weighted by molar-refractivity contribution is 0.536. The highest BCUT2D eigenvalue weighted by Crippen LogP contribution is 2.21. The van der Waals surface area contributed by atoms with Crippen molar-refractivity contribution < 1.29 is 0 Å². The Kier molecular flexibility index (Phi) is 4.20. The molecule has 0 spiro atoms. The first-order chi connectivity index (χ1) is 13.9. The quantitative estimate of drug-likeness (QED) is 0.541. The lowest BCUT2D eigenvalue weighted by atomic mass is 10.2. The molecule has 4 N–H and O–H groups in total. The van der Waals surface area contributed by atoms with Gasteiger partial charge in [0, 0.05) is 12.4 Å². The Labute approximate surface area is 161 Å². The molecular formula is C19H17N9. The zero-order valence-electron chi connectivity index (χ0n) is 14.7. The van der Waals surface area contributed by atoms with Crippen molar-refractivity contribution in [3.8, 4) is 0 Å². The molecule has 0 aliphatic carbocycles. The Morgan fingerprint density at radius 3 is 1.61 bits per heavy atom. The fourth-order valence-electron chi connectivity index (χ4n) is 2.98. The van der Waals surface area contributed by atoms with Crippen LogP contribution < -0.4 is 21.7 Å². The highest BCUT2D eigenvalue weighted by molar-refractivity contribution is 5.98. The zero-order chi connectivity index (χ0) is 18.8. The molecule has 0 saturated carbocycles. The summed E-state index contributed by atoms with van der Waals surface area (Å²) in [7, 11) is 0. The molecule has 0 aromatic carbocycles. The summed E-state index contributed by atoms with van der Waals surface area (Å²) in [6.07, 6.45) is 2.87. The lowest BCUT2D eigenvalue weighted by Crippen LogP contribution is -2.33. The molecule has 0 bridgehead atoms. The summed E-state index contributed by atoms with van der Waals surface area (Å²) < 4.78 is 0. The molecule has 0 saturated heterocycles. The van der Waals surface area contributed by atoms with Crippen LogP contribution in [0.1, 0.15) is 35.1 Å². The monoisotopic (exact) mass is 371 g/mol. The van der Waals surface area contributed by atoms with Crippen LogP contribution in [0.5, 0.6) is 0 Å². The van der Waals surface area contributed by atoms with Crippen LogP contribution in [0.3, 0.4) is 0 Å². The standard InChI is InChI=1S/C19H17N9/c1-3-10-20-12(6-1)16-23-18(27-25-16)14-8-5-9-15(22-14)19-24-17(26-28-19)13-7-2-4-11-21-13/h1-11,18-19,27-28H,(H,23,25)(H,24,26). The zero-order valence-corrected chi connectivity index (χ0v) is 14.7. The molecule has 0 radical (unpaired) electrons. The third kappa shape index (κ3) is 3.20.